The molecule has 1 aromatic carbocycles. The van der Waals surface area contributed by atoms with Gasteiger partial charge in [-0.15, -0.1) is 11.3 Å². The Morgan fingerprint density at radius 3 is 2.95 bits per heavy atom. The van der Waals surface area contributed by atoms with Crippen LogP contribution in [0.4, 0.5) is 17.1 Å². The number of fused-ring (bicyclic) bond motifs is 1. The predicted molar refractivity (Wildman–Crippen MR) is 88.8 cm³/mol. The molecular weight excluding hydrogens is 282 g/mol. The number of carbonyl (C=O) groups excluding carboxylic acids is 1. The van der Waals surface area contributed by atoms with Crippen LogP contribution in [0.3, 0.4) is 0 Å². The van der Waals surface area contributed by atoms with Gasteiger partial charge in [0.05, 0.1) is 17.9 Å². The fourth-order valence-electron chi connectivity index (χ4n) is 2.67. The lowest BCUT2D eigenvalue weighted by atomic mass is 10.0. The zero-order valence-electron chi connectivity index (χ0n) is 12.1. The van der Waals surface area contributed by atoms with Crippen LogP contribution in [0.2, 0.25) is 0 Å². The van der Waals surface area contributed by atoms with Gasteiger partial charge < -0.3 is 16.0 Å². The molecule has 21 heavy (non-hydrogen) atoms. The molecule has 0 unspecified atom stereocenters. The van der Waals surface area contributed by atoms with E-state index in [1.54, 1.807) is 11.3 Å². The van der Waals surface area contributed by atoms with E-state index in [9.17, 15) is 4.79 Å². The summed E-state index contributed by atoms with van der Waals surface area (Å²) in [6, 6.07) is 8.20. The molecule has 3 N–H and O–H groups in total. The number of rotatable bonds is 4. The van der Waals surface area contributed by atoms with E-state index >= 15 is 0 Å². The van der Waals surface area contributed by atoms with Gasteiger partial charge in [-0.3, -0.25) is 4.79 Å². The van der Waals surface area contributed by atoms with Gasteiger partial charge in [0.2, 0.25) is 5.91 Å². The minimum absolute atomic E-state index is 0.0829. The lowest BCUT2D eigenvalue weighted by molar-refractivity contribution is -0.116. The van der Waals surface area contributed by atoms with Gasteiger partial charge in [0.1, 0.15) is 0 Å². The monoisotopic (exact) mass is 301 g/mol. The normalized spacial score (nSPS) is 13.7. The molecule has 0 spiro atoms. The van der Waals surface area contributed by atoms with Gasteiger partial charge >= 0.3 is 0 Å². The zero-order valence-corrected chi connectivity index (χ0v) is 12.9. The average molecular weight is 301 g/mol. The smallest absolute Gasteiger partial charge is 0.224 e. The summed E-state index contributed by atoms with van der Waals surface area (Å²) in [4.78, 5) is 15.1. The van der Waals surface area contributed by atoms with Crippen molar-refractivity contribution >= 4 is 34.3 Å². The van der Waals surface area contributed by atoms with E-state index < -0.39 is 0 Å². The number of anilines is 3. The molecule has 5 heteroatoms. The molecule has 1 aromatic heterocycles. The van der Waals surface area contributed by atoms with Gasteiger partial charge in [-0.05, 0) is 42.5 Å². The van der Waals surface area contributed by atoms with Crippen LogP contribution in [0.15, 0.2) is 29.6 Å². The third kappa shape index (κ3) is 2.88. The number of amides is 1. The fourth-order valence-corrected chi connectivity index (χ4v) is 3.39. The highest BCUT2D eigenvalue weighted by Gasteiger charge is 2.19. The summed E-state index contributed by atoms with van der Waals surface area (Å²) in [5.41, 5.74) is 10.0. The molecule has 1 aliphatic rings. The number of nitrogens with zero attached hydrogens (tertiary/aromatic N) is 1. The molecule has 3 rings (SSSR count). The van der Waals surface area contributed by atoms with Crippen molar-refractivity contribution in [3.05, 3.63) is 40.1 Å². The minimum Gasteiger partial charge on any atom is -0.397 e. The van der Waals surface area contributed by atoms with Gasteiger partial charge in [-0.2, -0.15) is 0 Å². The van der Waals surface area contributed by atoms with Crippen LogP contribution >= 0.6 is 11.3 Å². The second kappa shape index (κ2) is 5.77. The largest absolute Gasteiger partial charge is 0.397 e. The molecule has 4 nitrogen and oxygen atoms in total. The Balaban J connectivity index is 1.92. The first kappa shape index (κ1) is 13.9. The molecule has 0 atom stereocenters. The predicted octanol–water partition coefficient (Wildman–Crippen LogP) is 3.24. The maximum Gasteiger partial charge on any atom is 0.224 e. The first-order valence-electron chi connectivity index (χ1n) is 7.17. The Bertz CT molecular complexity index is 652. The minimum atomic E-state index is 0.0829. The number of nitrogens with two attached hydrogens (primary N) is 1. The number of thiophene rings is 1. The zero-order chi connectivity index (χ0) is 14.8. The van der Waals surface area contributed by atoms with Crippen molar-refractivity contribution in [1.82, 2.24) is 0 Å². The SMILES string of the molecule is CCN(Cc1cccs1)c1cc2c(cc1N)CCC(=O)N2. The van der Waals surface area contributed by atoms with E-state index in [-0.39, 0.29) is 5.91 Å². The summed E-state index contributed by atoms with van der Waals surface area (Å²) in [7, 11) is 0. The molecule has 0 aliphatic carbocycles. The topological polar surface area (TPSA) is 58.4 Å². The van der Waals surface area contributed by atoms with Crippen LogP contribution in [0, 0.1) is 0 Å². The summed E-state index contributed by atoms with van der Waals surface area (Å²) < 4.78 is 0. The number of benzene rings is 1. The third-order valence-electron chi connectivity index (χ3n) is 3.80. The van der Waals surface area contributed by atoms with Crippen molar-refractivity contribution in [2.75, 3.05) is 22.5 Å². The van der Waals surface area contributed by atoms with Gasteiger partial charge in [0.25, 0.3) is 0 Å². The van der Waals surface area contributed by atoms with Crippen molar-refractivity contribution in [3.8, 4) is 0 Å². The molecule has 0 fully saturated rings. The standard InChI is InChI=1S/C16H19N3OS/c1-2-19(10-12-4-3-7-21-12)15-9-14-11(8-13(15)17)5-6-16(20)18-14/h3-4,7-9H,2,5-6,10,17H2,1H3,(H,18,20). The number of hydrogen-bond acceptors (Lipinski definition) is 4. The summed E-state index contributed by atoms with van der Waals surface area (Å²) >= 11 is 1.74. The van der Waals surface area contributed by atoms with Gasteiger partial charge in [0.15, 0.2) is 0 Å². The molecule has 0 saturated heterocycles. The summed E-state index contributed by atoms with van der Waals surface area (Å²) in [6.07, 6.45) is 1.31. The highest BCUT2D eigenvalue weighted by Crippen LogP contribution is 2.34. The van der Waals surface area contributed by atoms with Crippen molar-refractivity contribution < 1.29 is 4.79 Å². The molecule has 110 valence electrons. The highest BCUT2D eigenvalue weighted by molar-refractivity contribution is 7.09. The fraction of sp³-hybridized carbons (Fsp3) is 0.312. The quantitative estimate of drug-likeness (QED) is 0.852. The number of aryl methyl sites for hydroxylation is 1. The maximum atomic E-state index is 11.6. The second-order valence-electron chi connectivity index (χ2n) is 5.21. The van der Waals surface area contributed by atoms with Gasteiger partial charge in [0, 0.05) is 23.5 Å². The third-order valence-corrected chi connectivity index (χ3v) is 4.66. The number of hydrogen-bond donors (Lipinski definition) is 2. The Morgan fingerprint density at radius 1 is 1.38 bits per heavy atom. The molecule has 2 heterocycles. The second-order valence-corrected chi connectivity index (χ2v) is 6.24. The van der Waals surface area contributed by atoms with Crippen molar-refractivity contribution in [3.63, 3.8) is 0 Å². The number of nitrogen functional groups attached to an aromatic ring is 1. The van der Waals surface area contributed by atoms with E-state index in [1.807, 2.05) is 12.1 Å². The van der Waals surface area contributed by atoms with E-state index in [2.05, 4.69) is 34.7 Å². The first-order chi connectivity index (χ1) is 10.2. The molecule has 2 aromatic rings. The Hall–Kier alpha value is -2.01. The lowest BCUT2D eigenvalue weighted by Gasteiger charge is -2.27. The van der Waals surface area contributed by atoms with Gasteiger partial charge in [-0.1, -0.05) is 6.07 Å². The lowest BCUT2D eigenvalue weighted by Crippen LogP contribution is -2.24. The van der Waals surface area contributed by atoms with Crippen molar-refractivity contribution in [2.24, 2.45) is 0 Å². The van der Waals surface area contributed by atoms with Gasteiger partial charge in [-0.25, -0.2) is 0 Å². The summed E-state index contributed by atoms with van der Waals surface area (Å²) in [5.74, 6) is 0.0829. The van der Waals surface area contributed by atoms with E-state index in [0.717, 1.165) is 42.1 Å². The summed E-state index contributed by atoms with van der Waals surface area (Å²) in [6.45, 7) is 3.82. The first-order valence-corrected chi connectivity index (χ1v) is 8.05. The number of carbonyl (C=O) groups is 1. The Labute approximate surface area is 128 Å². The molecular formula is C16H19N3OS. The number of nitrogens with one attached hydrogen (secondary N) is 1. The van der Waals surface area contributed by atoms with Crippen LogP contribution in [0.1, 0.15) is 23.8 Å². The van der Waals surface area contributed by atoms with Crippen LogP contribution in [-0.2, 0) is 17.8 Å². The Kier molecular flexibility index (Phi) is 3.84. The van der Waals surface area contributed by atoms with E-state index in [4.69, 9.17) is 5.73 Å². The van der Waals surface area contributed by atoms with Crippen LogP contribution < -0.4 is 16.0 Å². The molecule has 1 amide bonds. The molecule has 0 radical (unpaired) electrons. The van der Waals surface area contributed by atoms with Crippen LogP contribution in [0.5, 0.6) is 0 Å². The molecule has 0 saturated carbocycles. The maximum absolute atomic E-state index is 11.6. The van der Waals surface area contributed by atoms with Crippen LogP contribution in [0.25, 0.3) is 0 Å². The highest BCUT2D eigenvalue weighted by atomic mass is 32.1. The van der Waals surface area contributed by atoms with Crippen molar-refractivity contribution in [2.45, 2.75) is 26.3 Å². The van der Waals surface area contributed by atoms with Crippen LogP contribution in [-0.4, -0.2) is 12.5 Å². The molecule has 1 aliphatic heterocycles. The molecule has 0 bridgehead atoms. The Morgan fingerprint density at radius 2 is 2.24 bits per heavy atom. The van der Waals surface area contributed by atoms with E-state index in [0.29, 0.717) is 6.42 Å². The van der Waals surface area contributed by atoms with Crippen molar-refractivity contribution in [1.29, 1.82) is 0 Å². The summed E-state index contributed by atoms with van der Waals surface area (Å²) in [5, 5.41) is 5.03. The van der Waals surface area contributed by atoms with E-state index in [1.165, 1.54) is 4.88 Å². The average Bonchev–Trinajstić information content (AvgIpc) is 2.98.